The Kier molecular flexibility index (Phi) is 4.95. The van der Waals surface area contributed by atoms with E-state index in [0.717, 1.165) is 17.6 Å². The van der Waals surface area contributed by atoms with Crippen LogP contribution in [-0.2, 0) is 0 Å². The standard InChI is InChI=1S/C14H14N2Se/c1-2-7-14(8-3-1)17-11-10-15-12-13-6-4-5-9-16-13/h1-9,12H,10-11H2. The zero-order valence-corrected chi connectivity index (χ0v) is 11.2. The summed E-state index contributed by atoms with van der Waals surface area (Å²) in [6.45, 7) is 0.880. The first-order valence-electron chi connectivity index (χ1n) is 5.54. The van der Waals surface area contributed by atoms with Crippen LogP contribution in [-0.4, -0.2) is 32.7 Å². The van der Waals surface area contributed by atoms with Gasteiger partial charge in [0.05, 0.1) is 0 Å². The van der Waals surface area contributed by atoms with Crippen LogP contribution in [0.3, 0.4) is 0 Å². The summed E-state index contributed by atoms with van der Waals surface area (Å²) < 4.78 is 1.44. The van der Waals surface area contributed by atoms with Crippen molar-refractivity contribution in [2.24, 2.45) is 4.99 Å². The maximum atomic E-state index is 4.38. The number of hydrogen-bond acceptors (Lipinski definition) is 2. The second-order valence-corrected chi connectivity index (χ2v) is 5.90. The zero-order valence-electron chi connectivity index (χ0n) is 9.49. The minimum atomic E-state index is 0.530. The Hall–Kier alpha value is -1.44. The zero-order chi connectivity index (χ0) is 11.8. The third-order valence-electron chi connectivity index (χ3n) is 2.14. The Balaban J connectivity index is 1.72. The van der Waals surface area contributed by atoms with Crippen molar-refractivity contribution in [1.29, 1.82) is 0 Å². The van der Waals surface area contributed by atoms with Crippen molar-refractivity contribution in [1.82, 2.24) is 4.98 Å². The first-order valence-corrected chi connectivity index (χ1v) is 7.60. The second-order valence-electron chi connectivity index (χ2n) is 3.45. The Morgan fingerprint density at radius 1 is 1.06 bits per heavy atom. The normalized spacial score (nSPS) is 10.8. The monoisotopic (exact) mass is 290 g/mol. The fourth-order valence-electron chi connectivity index (χ4n) is 1.34. The minimum absolute atomic E-state index is 0.530. The van der Waals surface area contributed by atoms with Gasteiger partial charge >= 0.3 is 108 Å². The number of rotatable bonds is 5. The number of pyridine rings is 1. The van der Waals surface area contributed by atoms with E-state index in [4.69, 9.17) is 0 Å². The van der Waals surface area contributed by atoms with E-state index in [1.54, 1.807) is 6.20 Å². The van der Waals surface area contributed by atoms with Crippen LogP contribution >= 0.6 is 0 Å². The van der Waals surface area contributed by atoms with Gasteiger partial charge in [0, 0.05) is 0 Å². The van der Waals surface area contributed by atoms with Crippen LogP contribution < -0.4 is 4.46 Å². The van der Waals surface area contributed by atoms with E-state index < -0.39 is 0 Å². The Labute approximate surface area is 108 Å². The van der Waals surface area contributed by atoms with Crippen molar-refractivity contribution in [3.05, 3.63) is 60.4 Å². The van der Waals surface area contributed by atoms with E-state index in [1.807, 2.05) is 24.4 Å². The predicted molar refractivity (Wildman–Crippen MR) is 73.3 cm³/mol. The van der Waals surface area contributed by atoms with E-state index in [9.17, 15) is 0 Å². The summed E-state index contributed by atoms with van der Waals surface area (Å²) >= 11 is 0.530. The molecule has 0 bridgehead atoms. The average molecular weight is 289 g/mol. The fraction of sp³-hybridized carbons (Fsp3) is 0.143. The summed E-state index contributed by atoms with van der Waals surface area (Å²) in [5, 5.41) is 1.14. The molecule has 0 aliphatic rings. The molecule has 0 unspecified atom stereocenters. The molecular weight excluding hydrogens is 275 g/mol. The van der Waals surface area contributed by atoms with Gasteiger partial charge in [0.25, 0.3) is 0 Å². The molecule has 0 saturated carbocycles. The van der Waals surface area contributed by atoms with Crippen LogP contribution in [0.2, 0.25) is 5.32 Å². The summed E-state index contributed by atoms with van der Waals surface area (Å²) in [5.74, 6) is 0. The molecular formula is C14H14N2Se. The summed E-state index contributed by atoms with van der Waals surface area (Å²) in [6, 6.07) is 16.5. The van der Waals surface area contributed by atoms with Gasteiger partial charge in [-0.2, -0.15) is 0 Å². The third-order valence-corrected chi connectivity index (χ3v) is 4.23. The quantitative estimate of drug-likeness (QED) is 0.469. The van der Waals surface area contributed by atoms with E-state index in [-0.39, 0.29) is 0 Å². The fourth-order valence-corrected chi connectivity index (χ4v) is 2.98. The van der Waals surface area contributed by atoms with Crippen LogP contribution in [0.25, 0.3) is 0 Å². The maximum absolute atomic E-state index is 4.38. The van der Waals surface area contributed by atoms with Crippen molar-refractivity contribution in [3.63, 3.8) is 0 Å². The van der Waals surface area contributed by atoms with Gasteiger partial charge < -0.3 is 0 Å². The summed E-state index contributed by atoms with van der Waals surface area (Å²) in [6.07, 6.45) is 3.64. The van der Waals surface area contributed by atoms with E-state index in [2.05, 4.69) is 40.3 Å². The Morgan fingerprint density at radius 3 is 2.65 bits per heavy atom. The molecule has 17 heavy (non-hydrogen) atoms. The van der Waals surface area contributed by atoms with Crippen LogP contribution in [0.1, 0.15) is 5.69 Å². The Morgan fingerprint density at radius 2 is 1.88 bits per heavy atom. The summed E-state index contributed by atoms with van der Waals surface area (Å²) in [4.78, 5) is 8.58. The molecule has 1 aromatic heterocycles. The van der Waals surface area contributed by atoms with Gasteiger partial charge in [-0.05, 0) is 0 Å². The van der Waals surface area contributed by atoms with Crippen molar-refractivity contribution in [2.45, 2.75) is 5.32 Å². The topological polar surface area (TPSA) is 25.2 Å². The Bertz CT molecular complexity index is 454. The number of aliphatic imine (C=N–C) groups is 1. The SMILES string of the molecule is C(=NCC[Se]c1ccccc1)c1ccccn1. The third kappa shape index (κ3) is 4.51. The van der Waals surface area contributed by atoms with Crippen molar-refractivity contribution < 1.29 is 0 Å². The van der Waals surface area contributed by atoms with Crippen molar-refractivity contribution in [3.8, 4) is 0 Å². The van der Waals surface area contributed by atoms with Gasteiger partial charge in [-0.1, -0.05) is 0 Å². The van der Waals surface area contributed by atoms with E-state index >= 15 is 0 Å². The molecule has 3 heteroatoms. The molecule has 2 aromatic rings. The van der Waals surface area contributed by atoms with Crippen LogP contribution in [0.15, 0.2) is 59.7 Å². The van der Waals surface area contributed by atoms with Crippen LogP contribution in [0.4, 0.5) is 0 Å². The molecule has 86 valence electrons. The molecule has 0 N–H and O–H groups in total. The molecule has 1 aromatic carbocycles. The van der Waals surface area contributed by atoms with Crippen molar-refractivity contribution >= 4 is 25.6 Å². The molecule has 0 amide bonds. The first kappa shape index (κ1) is 12.0. The number of benzene rings is 1. The average Bonchev–Trinajstić information content (AvgIpc) is 2.41. The van der Waals surface area contributed by atoms with Gasteiger partial charge in [-0.15, -0.1) is 0 Å². The molecule has 0 aliphatic heterocycles. The molecule has 0 aliphatic carbocycles. The van der Waals surface area contributed by atoms with Crippen LogP contribution in [0, 0.1) is 0 Å². The van der Waals surface area contributed by atoms with Gasteiger partial charge in [0.1, 0.15) is 0 Å². The molecule has 0 radical (unpaired) electrons. The van der Waals surface area contributed by atoms with Crippen LogP contribution in [0.5, 0.6) is 0 Å². The molecule has 0 atom stereocenters. The van der Waals surface area contributed by atoms with E-state index in [0.29, 0.717) is 15.0 Å². The molecule has 2 rings (SSSR count). The molecule has 0 fully saturated rings. The summed E-state index contributed by atoms with van der Waals surface area (Å²) in [5.41, 5.74) is 0.930. The van der Waals surface area contributed by atoms with Gasteiger partial charge in [0.15, 0.2) is 0 Å². The number of nitrogens with zero attached hydrogens (tertiary/aromatic N) is 2. The predicted octanol–water partition coefficient (Wildman–Crippen LogP) is 1.95. The van der Waals surface area contributed by atoms with E-state index in [1.165, 1.54) is 4.46 Å². The molecule has 0 spiro atoms. The van der Waals surface area contributed by atoms with Gasteiger partial charge in [0.2, 0.25) is 0 Å². The molecule has 0 saturated heterocycles. The summed E-state index contributed by atoms with van der Waals surface area (Å²) in [7, 11) is 0. The van der Waals surface area contributed by atoms with Gasteiger partial charge in [-0.25, -0.2) is 0 Å². The number of hydrogen-bond donors (Lipinski definition) is 0. The molecule has 2 nitrogen and oxygen atoms in total. The second kappa shape index (κ2) is 7.00. The van der Waals surface area contributed by atoms with Crippen molar-refractivity contribution in [2.75, 3.05) is 6.54 Å². The molecule has 1 heterocycles. The number of aromatic nitrogens is 1. The first-order chi connectivity index (χ1) is 8.45. The van der Waals surface area contributed by atoms with Gasteiger partial charge in [-0.3, -0.25) is 0 Å².